The summed E-state index contributed by atoms with van der Waals surface area (Å²) in [7, 11) is 0. The second-order valence-electron chi connectivity index (χ2n) is 7.46. The van der Waals surface area contributed by atoms with E-state index in [2.05, 4.69) is 9.80 Å². The van der Waals surface area contributed by atoms with Gasteiger partial charge in [0.25, 0.3) is 0 Å². The Bertz CT molecular complexity index is 651. The van der Waals surface area contributed by atoms with Crippen LogP contribution in [0.1, 0.15) is 26.2 Å². The molecule has 0 bridgehead atoms. The fourth-order valence-corrected chi connectivity index (χ4v) is 3.92. The summed E-state index contributed by atoms with van der Waals surface area (Å²) >= 11 is 0. The molecule has 2 saturated heterocycles. The molecule has 2 aliphatic heterocycles. The lowest BCUT2D eigenvalue weighted by molar-refractivity contribution is -0.151. The van der Waals surface area contributed by atoms with E-state index in [1.165, 1.54) is 12.1 Å². The average Bonchev–Trinajstić information content (AvgIpc) is 2.73. The number of rotatable bonds is 6. The molecular formula is C21H30FN3O3. The number of hydrogen-bond acceptors (Lipinski definition) is 5. The Labute approximate surface area is 166 Å². The fraction of sp³-hybridized carbons (Fsp3) is 0.619. The zero-order valence-electron chi connectivity index (χ0n) is 16.6. The van der Waals surface area contributed by atoms with Crippen molar-refractivity contribution in [2.45, 2.75) is 26.2 Å². The number of anilines is 1. The number of carbonyl (C=O) groups is 2. The minimum Gasteiger partial charge on any atom is -0.466 e. The van der Waals surface area contributed by atoms with Gasteiger partial charge in [0.1, 0.15) is 5.82 Å². The van der Waals surface area contributed by atoms with Crippen molar-refractivity contribution in [3.8, 4) is 0 Å². The molecule has 2 fully saturated rings. The zero-order valence-corrected chi connectivity index (χ0v) is 16.6. The summed E-state index contributed by atoms with van der Waals surface area (Å²) in [6.07, 6.45) is 1.91. The Hall–Kier alpha value is -2.15. The lowest BCUT2D eigenvalue weighted by Crippen LogP contribution is -2.48. The van der Waals surface area contributed by atoms with Crippen LogP contribution in [0.5, 0.6) is 0 Å². The normalized spacial score (nSPS) is 18.9. The number of hydrogen-bond donors (Lipinski definition) is 0. The number of piperazine rings is 1. The van der Waals surface area contributed by atoms with Crippen LogP contribution in [-0.4, -0.2) is 74.1 Å². The van der Waals surface area contributed by atoms with Crippen molar-refractivity contribution in [2.24, 2.45) is 5.92 Å². The molecular weight excluding hydrogens is 361 g/mol. The van der Waals surface area contributed by atoms with Gasteiger partial charge in [-0.1, -0.05) is 0 Å². The average molecular weight is 391 g/mol. The van der Waals surface area contributed by atoms with E-state index in [0.29, 0.717) is 39.0 Å². The minimum absolute atomic E-state index is 0.0662. The van der Waals surface area contributed by atoms with Crippen LogP contribution in [0.15, 0.2) is 24.3 Å². The van der Waals surface area contributed by atoms with Gasteiger partial charge in [-0.3, -0.25) is 14.5 Å². The SMILES string of the molecule is CCOC(=O)C1CCN(C(=O)CCN2CCN(c3ccc(F)cc3)CC2)CC1. The molecule has 0 unspecified atom stereocenters. The Balaban J connectivity index is 1.36. The number of nitrogens with zero attached hydrogens (tertiary/aromatic N) is 3. The van der Waals surface area contributed by atoms with Crippen LogP contribution in [0.3, 0.4) is 0 Å². The predicted octanol–water partition coefficient (Wildman–Crippen LogP) is 2.14. The van der Waals surface area contributed by atoms with Crippen molar-refractivity contribution in [3.05, 3.63) is 30.1 Å². The highest BCUT2D eigenvalue weighted by atomic mass is 19.1. The number of amides is 1. The summed E-state index contributed by atoms with van der Waals surface area (Å²) in [5.41, 5.74) is 1.04. The third kappa shape index (κ3) is 5.44. The van der Waals surface area contributed by atoms with Gasteiger partial charge in [0.2, 0.25) is 5.91 Å². The van der Waals surface area contributed by atoms with Gasteiger partial charge >= 0.3 is 5.97 Å². The molecule has 0 aliphatic carbocycles. The first-order chi connectivity index (χ1) is 13.6. The third-order valence-corrected chi connectivity index (χ3v) is 5.67. The third-order valence-electron chi connectivity index (χ3n) is 5.67. The van der Waals surface area contributed by atoms with Crippen molar-refractivity contribution in [1.29, 1.82) is 0 Å². The van der Waals surface area contributed by atoms with Gasteiger partial charge in [0.15, 0.2) is 0 Å². The van der Waals surface area contributed by atoms with Gasteiger partial charge in [-0.2, -0.15) is 0 Å². The molecule has 7 heteroatoms. The summed E-state index contributed by atoms with van der Waals surface area (Å²) in [6.45, 7) is 7.82. The van der Waals surface area contributed by atoms with Crippen LogP contribution in [0.25, 0.3) is 0 Å². The van der Waals surface area contributed by atoms with Crippen LogP contribution in [0.2, 0.25) is 0 Å². The van der Waals surface area contributed by atoms with Gasteiger partial charge in [-0.15, -0.1) is 0 Å². The summed E-state index contributed by atoms with van der Waals surface area (Å²) in [5.74, 6) is -0.243. The summed E-state index contributed by atoms with van der Waals surface area (Å²) in [5, 5.41) is 0. The smallest absolute Gasteiger partial charge is 0.309 e. The zero-order chi connectivity index (χ0) is 19.9. The highest BCUT2D eigenvalue weighted by Gasteiger charge is 2.28. The second kappa shape index (κ2) is 9.87. The first-order valence-electron chi connectivity index (χ1n) is 10.2. The molecule has 28 heavy (non-hydrogen) atoms. The van der Waals surface area contributed by atoms with E-state index in [9.17, 15) is 14.0 Å². The van der Waals surface area contributed by atoms with E-state index in [4.69, 9.17) is 4.74 Å². The molecule has 0 aromatic heterocycles. The van der Waals surface area contributed by atoms with E-state index in [1.54, 1.807) is 0 Å². The number of ether oxygens (including phenoxy) is 1. The molecule has 0 radical (unpaired) electrons. The Kier molecular flexibility index (Phi) is 7.25. The summed E-state index contributed by atoms with van der Waals surface area (Å²) in [6, 6.07) is 6.61. The standard InChI is InChI=1S/C21H30FN3O3/c1-2-28-21(27)17-7-11-25(12-8-17)20(26)9-10-23-13-15-24(16-14-23)19-5-3-18(22)4-6-19/h3-6,17H,2,7-16H2,1H3. The first kappa shape index (κ1) is 20.6. The molecule has 3 rings (SSSR count). The van der Waals surface area contributed by atoms with Gasteiger partial charge in [0.05, 0.1) is 12.5 Å². The molecule has 6 nitrogen and oxygen atoms in total. The molecule has 1 aromatic rings. The number of carbonyl (C=O) groups excluding carboxylic acids is 2. The number of halogens is 1. The molecule has 0 saturated carbocycles. The van der Waals surface area contributed by atoms with Crippen molar-refractivity contribution < 1.29 is 18.7 Å². The highest BCUT2D eigenvalue weighted by molar-refractivity contribution is 5.77. The van der Waals surface area contributed by atoms with Crippen LogP contribution >= 0.6 is 0 Å². The Morgan fingerprint density at radius 3 is 2.29 bits per heavy atom. The predicted molar refractivity (Wildman–Crippen MR) is 106 cm³/mol. The molecule has 1 aromatic carbocycles. The minimum atomic E-state index is -0.216. The molecule has 2 aliphatic rings. The van der Waals surface area contributed by atoms with Crippen LogP contribution in [0.4, 0.5) is 10.1 Å². The lowest BCUT2D eigenvalue weighted by atomic mass is 9.97. The molecule has 154 valence electrons. The van der Waals surface area contributed by atoms with Gasteiger partial charge in [-0.05, 0) is 44.0 Å². The Morgan fingerprint density at radius 2 is 1.68 bits per heavy atom. The van der Waals surface area contributed by atoms with Gasteiger partial charge in [0, 0.05) is 57.9 Å². The largest absolute Gasteiger partial charge is 0.466 e. The first-order valence-corrected chi connectivity index (χ1v) is 10.2. The summed E-state index contributed by atoms with van der Waals surface area (Å²) < 4.78 is 18.1. The number of esters is 1. The highest BCUT2D eigenvalue weighted by Crippen LogP contribution is 2.20. The van der Waals surface area contributed by atoms with E-state index >= 15 is 0 Å². The van der Waals surface area contributed by atoms with E-state index in [-0.39, 0.29) is 23.6 Å². The van der Waals surface area contributed by atoms with E-state index in [0.717, 1.165) is 38.4 Å². The Morgan fingerprint density at radius 1 is 1.04 bits per heavy atom. The van der Waals surface area contributed by atoms with E-state index < -0.39 is 0 Å². The molecule has 2 heterocycles. The van der Waals surface area contributed by atoms with Crippen LogP contribution < -0.4 is 4.90 Å². The van der Waals surface area contributed by atoms with Crippen molar-refractivity contribution in [1.82, 2.24) is 9.80 Å². The van der Waals surface area contributed by atoms with Crippen molar-refractivity contribution in [3.63, 3.8) is 0 Å². The van der Waals surface area contributed by atoms with Gasteiger partial charge < -0.3 is 14.5 Å². The van der Waals surface area contributed by atoms with E-state index in [1.807, 2.05) is 24.0 Å². The summed E-state index contributed by atoms with van der Waals surface area (Å²) in [4.78, 5) is 30.7. The molecule has 0 atom stereocenters. The topological polar surface area (TPSA) is 53.1 Å². The maximum atomic E-state index is 13.1. The lowest BCUT2D eigenvalue weighted by Gasteiger charge is -2.36. The maximum absolute atomic E-state index is 13.1. The number of piperidine rings is 1. The van der Waals surface area contributed by atoms with Crippen LogP contribution in [0, 0.1) is 11.7 Å². The molecule has 0 N–H and O–H groups in total. The second-order valence-corrected chi connectivity index (χ2v) is 7.46. The number of likely N-dealkylation sites (tertiary alicyclic amines) is 1. The maximum Gasteiger partial charge on any atom is 0.309 e. The van der Waals surface area contributed by atoms with Gasteiger partial charge in [-0.25, -0.2) is 4.39 Å². The van der Waals surface area contributed by atoms with Crippen molar-refractivity contribution in [2.75, 3.05) is 57.3 Å². The number of benzene rings is 1. The fourth-order valence-electron chi connectivity index (χ4n) is 3.92. The van der Waals surface area contributed by atoms with Crippen LogP contribution in [-0.2, 0) is 14.3 Å². The van der Waals surface area contributed by atoms with Crippen molar-refractivity contribution >= 4 is 17.6 Å². The quantitative estimate of drug-likeness (QED) is 0.696. The molecule has 0 spiro atoms. The molecule has 1 amide bonds. The monoisotopic (exact) mass is 391 g/mol.